The first kappa shape index (κ1) is 17.3. The molecule has 0 aromatic carbocycles. The summed E-state index contributed by atoms with van der Waals surface area (Å²) in [5.41, 5.74) is -0.434. The Hall–Kier alpha value is -0.800. The molecule has 0 aliphatic carbocycles. The van der Waals surface area contributed by atoms with Gasteiger partial charge in [0.15, 0.2) is 0 Å². The molecule has 0 N–H and O–H groups in total. The van der Waals surface area contributed by atoms with Crippen molar-refractivity contribution in [3.05, 3.63) is 0 Å². The van der Waals surface area contributed by atoms with E-state index in [1.165, 1.54) is 0 Å². The first-order valence-electron chi connectivity index (χ1n) is 7.94. The molecule has 0 saturated carbocycles. The highest BCUT2D eigenvalue weighted by Crippen LogP contribution is 2.24. The van der Waals surface area contributed by atoms with Crippen LogP contribution in [0.5, 0.6) is 0 Å². The fraction of sp³-hybridized carbons (Fsp3) is 0.938. The van der Waals surface area contributed by atoms with Crippen LogP contribution in [0.15, 0.2) is 0 Å². The standard InChI is InChI=1S/C16H30FNO2/c1-5-7-14(17)9-6-8-13-10-11-18(12-13)15(19)20-16(2,3)4/h13-14H,5-12H2,1-4H3/t13-,14?/m1/s1. The number of hydrogen-bond acceptors (Lipinski definition) is 2. The lowest BCUT2D eigenvalue weighted by molar-refractivity contribution is 0.0287. The number of carbonyl (C=O) groups is 1. The Balaban J connectivity index is 2.21. The van der Waals surface area contributed by atoms with Gasteiger partial charge in [0.2, 0.25) is 0 Å². The van der Waals surface area contributed by atoms with Crippen LogP contribution in [0.1, 0.15) is 66.2 Å². The lowest BCUT2D eigenvalue weighted by Gasteiger charge is -2.24. The number of nitrogens with zero attached hydrogens (tertiary/aromatic N) is 1. The van der Waals surface area contributed by atoms with Crippen LogP contribution in [0.2, 0.25) is 0 Å². The van der Waals surface area contributed by atoms with Gasteiger partial charge < -0.3 is 9.64 Å². The molecule has 0 radical (unpaired) electrons. The molecule has 20 heavy (non-hydrogen) atoms. The van der Waals surface area contributed by atoms with Gasteiger partial charge in [0.1, 0.15) is 11.8 Å². The van der Waals surface area contributed by atoms with Crippen LogP contribution < -0.4 is 0 Å². The number of likely N-dealkylation sites (tertiary alicyclic amines) is 1. The molecule has 0 aromatic heterocycles. The van der Waals surface area contributed by atoms with E-state index in [1.54, 1.807) is 4.90 Å². The molecule has 1 saturated heterocycles. The average molecular weight is 287 g/mol. The topological polar surface area (TPSA) is 29.5 Å². The van der Waals surface area contributed by atoms with Gasteiger partial charge in [0.25, 0.3) is 0 Å². The molecule has 0 spiro atoms. The van der Waals surface area contributed by atoms with Crippen molar-refractivity contribution in [3.63, 3.8) is 0 Å². The molecule has 118 valence electrons. The van der Waals surface area contributed by atoms with E-state index in [-0.39, 0.29) is 6.09 Å². The third-order valence-electron chi connectivity index (χ3n) is 3.67. The Morgan fingerprint density at radius 1 is 1.40 bits per heavy atom. The maximum absolute atomic E-state index is 13.4. The highest BCUT2D eigenvalue weighted by molar-refractivity contribution is 5.68. The van der Waals surface area contributed by atoms with Crippen molar-refractivity contribution in [2.45, 2.75) is 78.0 Å². The van der Waals surface area contributed by atoms with E-state index in [0.29, 0.717) is 18.8 Å². The second-order valence-electron chi connectivity index (χ2n) is 6.90. The van der Waals surface area contributed by atoms with E-state index >= 15 is 0 Å². The van der Waals surface area contributed by atoms with Gasteiger partial charge >= 0.3 is 6.09 Å². The van der Waals surface area contributed by atoms with E-state index in [0.717, 1.165) is 38.8 Å². The largest absolute Gasteiger partial charge is 0.444 e. The fourth-order valence-electron chi connectivity index (χ4n) is 2.65. The van der Waals surface area contributed by atoms with Gasteiger partial charge in [0.05, 0.1) is 0 Å². The van der Waals surface area contributed by atoms with Crippen LogP contribution in [-0.4, -0.2) is 35.9 Å². The molecule has 1 unspecified atom stereocenters. The van der Waals surface area contributed by atoms with Crippen LogP contribution in [0, 0.1) is 5.92 Å². The van der Waals surface area contributed by atoms with Crippen molar-refractivity contribution >= 4 is 6.09 Å². The van der Waals surface area contributed by atoms with Gasteiger partial charge in [-0.2, -0.15) is 0 Å². The number of carbonyl (C=O) groups excluding carboxylic acids is 1. The molecular formula is C16H30FNO2. The van der Waals surface area contributed by atoms with Crippen LogP contribution in [0.3, 0.4) is 0 Å². The predicted octanol–water partition coefficient (Wildman–Crippen LogP) is 4.55. The van der Waals surface area contributed by atoms with Gasteiger partial charge in [-0.25, -0.2) is 9.18 Å². The average Bonchev–Trinajstić information content (AvgIpc) is 2.76. The van der Waals surface area contributed by atoms with E-state index in [2.05, 4.69) is 0 Å². The summed E-state index contributed by atoms with van der Waals surface area (Å²) in [4.78, 5) is 13.7. The maximum atomic E-state index is 13.4. The van der Waals surface area contributed by atoms with Crippen LogP contribution >= 0.6 is 0 Å². The minimum Gasteiger partial charge on any atom is -0.444 e. The summed E-state index contributed by atoms with van der Waals surface area (Å²) in [6.45, 7) is 9.20. The minimum absolute atomic E-state index is 0.214. The maximum Gasteiger partial charge on any atom is 0.410 e. The molecule has 4 heteroatoms. The second kappa shape index (κ2) is 7.84. The minimum atomic E-state index is -0.650. The molecule has 0 aromatic rings. The van der Waals surface area contributed by atoms with Crippen molar-refractivity contribution in [1.82, 2.24) is 4.90 Å². The molecule has 1 aliphatic rings. The van der Waals surface area contributed by atoms with Crippen LogP contribution in [0.25, 0.3) is 0 Å². The summed E-state index contributed by atoms with van der Waals surface area (Å²) in [5, 5.41) is 0. The number of hydrogen-bond donors (Lipinski definition) is 0. The summed E-state index contributed by atoms with van der Waals surface area (Å²) >= 11 is 0. The zero-order valence-corrected chi connectivity index (χ0v) is 13.5. The smallest absolute Gasteiger partial charge is 0.410 e. The van der Waals surface area contributed by atoms with Crippen molar-refractivity contribution in [3.8, 4) is 0 Å². The van der Waals surface area contributed by atoms with Crippen LogP contribution in [0.4, 0.5) is 9.18 Å². The second-order valence-corrected chi connectivity index (χ2v) is 6.90. The Morgan fingerprint density at radius 2 is 2.10 bits per heavy atom. The van der Waals surface area contributed by atoms with Gasteiger partial charge in [-0.05, 0) is 52.4 Å². The summed E-state index contributed by atoms with van der Waals surface area (Å²) < 4.78 is 18.8. The third kappa shape index (κ3) is 6.58. The van der Waals surface area contributed by atoms with Gasteiger partial charge in [-0.3, -0.25) is 0 Å². The highest BCUT2D eigenvalue weighted by atomic mass is 19.1. The third-order valence-corrected chi connectivity index (χ3v) is 3.67. The zero-order chi connectivity index (χ0) is 15.2. The Labute approximate surface area is 122 Å². The van der Waals surface area contributed by atoms with E-state index in [9.17, 15) is 9.18 Å². The summed E-state index contributed by atoms with van der Waals surface area (Å²) in [7, 11) is 0. The molecule has 1 amide bonds. The van der Waals surface area contributed by atoms with E-state index in [4.69, 9.17) is 4.74 Å². The van der Waals surface area contributed by atoms with Crippen molar-refractivity contribution in [2.24, 2.45) is 5.92 Å². The lowest BCUT2D eigenvalue weighted by atomic mass is 9.99. The quantitative estimate of drug-likeness (QED) is 0.717. The molecule has 2 atom stereocenters. The van der Waals surface area contributed by atoms with Gasteiger partial charge in [-0.1, -0.05) is 19.8 Å². The van der Waals surface area contributed by atoms with E-state index in [1.807, 2.05) is 27.7 Å². The Kier molecular flexibility index (Phi) is 6.77. The number of rotatable bonds is 6. The van der Waals surface area contributed by atoms with Crippen molar-refractivity contribution < 1.29 is 13.9 Å². The van der Waals surface area contributed by atoms with Gasteiger partial charge in [-0.15, -0.1) is 0 Å². The number of halogens is 1. The Bertz CT molecular complexity index is 301. The van der Waals surface area contributed by atoms with Crippen LogP contribution in [-0.2, 0) is 4.74 Å². The molecule has 0 bridgehead atoms. The summed E-state index contributed by atoms with van der Waals surface area (Å²) in [5.74, 6) is 0.511. The molecule has 1 rings (SSSR count). The van der Waals surface area contributed by atoms with Gasteiger partial charge in [0, 0.05) is 13.1 Å². The fourth-order valence-corrected chi connectivity index (χ4v) is 2.65. The number of amides is 1. The monoisotopic (exact) mass is 287 g/mol. The first-order valence-corrected chi connectivity index (χ1v) is 7.94. The van der Waals surface area contributed by atoms with Crippen molar-refractivity contribution in [2.75, 3.05) is 13.1 Å². The lowest BCUT2D eigenvalue weighted by Crippen LogP contribution is -2.35. The SMILES string of the molecule is CCCC(F)CCC[C@@H]1CCN(C(=O)OC(C)(C)C)C1. The molecular weight excluding hydrogens is 257 g/mol. The first-order chi connectivity index (χ1) is 9.31. The number of alkyl halides is 1. The zero-order valence-electron chi connectivity index (χ0n) is 13.5. The molecule has 3 nitrogen and oxygen atoms in total. The van der Waals surface area contributed by atoms with Crippen molar-refractivity contribution in [1.29, 1.82) is 0 Å². The molecule has 1 heterocycles. The Morgan fingerprint density at radius 3 is 2.70 bits per heavy atom. The number of ether oxygens (including phenoxy) is 1. The summed E-state index contributed by atoms with van der Waals surface area (Å²) in [6, 6.07) is 0. The van der Waals surface area contributed by atoms with E-state index < -0.39 is 11.8 Å². The normalized spacial score (nSPS) is 21.1. The predicted molar refractivity (Wildman–Crippen MR) is 79.6 cm³/mol. The summed E-state index contributed by atoms with van der Waals surface area (Å²) in [6.07, 6.45) is 4.35. The highest BCUT2D eigenvalue weighted by Gasteiger charge is 2.29. The molecule has 1 aliphatic heterocycles. The molecule has 1 fully saturated rings.